The van der Waals surface area contributed by atoms with Crippen LogP contribution in [-0.2, 0) is 14.8 Å². The molecule has 1 aliphatic rings. The third-order valence-corrected chi connectivity index (χ3v) is 6.86. The number of hydrogen-bond donors (Lipinski definition) is 1. The molecule has 11 nitrogen and oxygen atoms in total. The number of morpholine rings is 1. The molecule has 0 aliphatic carbocycles. The number of nitro groups is 1. The van der Waals surface area contributed by atoms with Gasteiger partial charge in [-0.2, -0.15) is 9.41 Å². The van der Waals surface area contributed by atoms with Crippen LogP contribution < -0.4 is 14.9 Å². The number of nitro benzene ring substituents is 1. The lowest BCUT2D eigenvalue weighted by Crippen LogP contribution is -2.48. The Hall–Kier alpha value is -3.22. The van der Waals surface area contributed by atoms with E-state index in [1.807, 2.05) is 0 Å². The molecule has 0 aromatic heterocycles. The molecule has 3 rings (SSSR count). The molecule has 2 aromatic carbocycles. The second-order valence-electron chi connectivity index (χ2n) is 7.50. The van der Waals surface area contributed by atoms with E-state index >= 15 is 0 Å². The molecule has 0 unspecified atom stereocenters. The molecule has 12 heteroatoms. The molecule has 178 valence electrons. The maximum Gasteiger partial charge on any atom is 0.270 e. The summed E-state index contributed by atoms with van der Waals surface area (Å²) in [6.45, 7) is 3.84. The second kappa shape index (κ2) is 10.1. The minimum absolute atomic E-state index is 0.115. The molecule has 2 aromatic rings. The Balaban J connectivity index is 1.93. The number of ether oxygens (including phenoxy) is 3. The topological polar surface area (TPSA) is 133 Å². The minimum atomic E-state index is -4.05. The van der Waals surface area contributed by atoms with Gasteiger partial charge in [-0.05, 0) is 43.7 Å². The fourth-order valence-electron chi connectivity index (χ4n) is 3.51. The van der Waals surface area contributed by atoms with Crippen molar-refractivity contribution in [2.75, 3.05) is 32.7 Å². The average Bonchev–Trinajstić information content (AvgIpc) is 2.78. The zero-order valence-electron chi connectivity index (χ0n) is 18.7. The predicted molar refractivity (Wildman–Crippen MR) is 123 cm³/mol. The van der Waals surface area contributed by atoms with Crippen molar-refractivity contribution in [2.24, 2.45) is 5.10 Å². The molecule has 0 amide bonds. The molecule has 1 saturated heterocycles. The summed E-state index contributed by atoms with van der Waals surface area (Å²) in [7, 11) is -1.01. The standard InChI is InChI=1S/C21H26N4O7S/c1-14-12-24(13-15(2)32-14)33(28,29)21-10-17(25(26)27)6-7-18(21)23-22-11-16-5-8-19(30-3)20(9-16)31-4/h5-11,14-15,23H,12-13H2,1-4H3/b22-11-/t14-,15-/m1/s1. The molecule has 1 fully saturated rings. The maximum atomic E-state index is 13.4. The number of methoxy groups -OCH3 is 2. The Labute approximate surface area is 192 Å². The third-order valence-electron chi connectivity index (χ3n) is 4.99. The summed E-state index contributed by atoms with van der Waals surface area (Å²) in [4.78, 5) is 10.4. The van der Waals surface area contributed by atoms with Crippen LogP contribution in [0.4, 0.5) is 11.4 Å². The third kappa shape index (κ3) is 5.59. The Kier molecular flexibility index (Phi) is 7.51. The molecule has 0 spiro atoms. The highest BCUT2D eigenvalue weighted by Gasteiger charge is 2.34. The summed E-state index contributed by atoms with van der Waals surface area (Å²) in [5.74, 6) is 1.07. The zero-order valence-corrected chi connectivity index (χ0v) is 19.5. The van der Waals surface area contributed by atoms with Crippen LogP contribution in [0.5, 0.6) is 11.5 Å². The summed E-state index contributed by atoms with van der Waals surface area (Å²) in [5.41, 5.74) is 3.15. The minimum Gasteiger partial charge on any atom is -0.493 e. The van der Waals surface area contributed by atoms with Crippen LogP contribution >= 0.6 is 0 Å². The van der Waals surface area contributed by atoms with Crippen LogP contribution in [0, 0.1) is 10.1 Å². The number of non-ortho nitro benzene ring substituents is 1. The van der Waals surface area contributed by atoms with Gasteiger partial charge in [0.1, 0.15) is 4.90 Å². The summed E-state index contributed by atoms with van der Waals surface area (Å²) in [5, 5.41) is 15.4. The smallest absolute Gasteiger partial charge is 0.270 e. The molecule has 0 bridgehead atoms. The van der Waals surface area contributed by atoms with Crippen LogP contribution in [0.2, 0.25) is 0 Å². The van der Waals surface area contributed by atoms with Gasteiger partial charge in [-0.1, -0.05) is 0 Å². The Bertz CT molecular complexity index is 1140. The number of anilines is 1. The Morgan fingerprint density at radius 2 is 1.79 bits per heavy atom. The molecular weight excluding hydrogens is 452 g/mol. The van der Waals surface area contributed by atoms with Gasteiger partial charge in [-0.15, -0.1) is 0 Å². The van der Waals surface area contributed by atoms with Crippen molar-refractivity contribution in [1.82, 2.24) is 4.31 Å². The van der Waals surface area contributed by atoms with Gasteiger partial charge in [-0.3, -0.25) is 15.5 Å². The van der Waals surface area contributed by atoms with E-state index in [0.29, 0.717) is 17.1 Å². The highest BCUT2D eigenvalue weighted by molar-refractivity contribution is 7.89. The van der Waals surface area contributed by atoms with Crippen LogP contribution in [-0.4, -0.2) is 63.4 Å². The fourth-order valence-corrected chi connectivity index (χ4v) is 5.26. The molecule has 0 radical (unpaired) electrons. The molecule has 0 saturated carbocycles. The highest BCUT2D eigenvalue weighted by atomic mass is 32.2. The molecule has 1 N–H and O–H groups in total. The summed E-state index contributed by atoms with van der Waals surface area (Å²) in [6.07, 6.45) is 0.863. The van der Waals surface area contributed by atoms with Crippen LogP contribution in [0.1, 0.15) is 19.4 Å². The highest BCUT2D eigenvalue weighted by Crippen LogP contribution is 2.31. The number of hydrogen-bond acceptors (Lipinski definition) is 9. The van der Waals surface area contributed by atoms with Crippen molar-refractivity contribution < 1.29 is 27.6 Å². The van der Waals surface area contributed by atoms with E-state index in [1.54, 1.807) is 32.0 Å². The van der Waals surface area contributed by atoms with E-state index in [2.05, 4.69) is 10.5 Å². The fraction of sp³-hybridized carbons (Fsp3) is 0.381. The van der Waals surface area contributed by atoms with E-state index in [9.17, 15) is 18.5 Å². The van der Waals surface area contributed by atoms with Gasteiger partial charge in [-0.25, -0.2) is 8.42 Å². The normalized spacial score (nSPS) is 19.4. The summed E-state index contributed by atoms with van der Waals surface area (Å²) in [6, 6.07) is 8.74. The number of sulfonamides is 1. The lowest BCUT2D eigenvalue weighted by Gasteiger charge is -2.34. The van der Waals surface area contributed by atoms with Gasteiger partial charge in [0.2, 0.25) is 10.0 Å². The first-order chi connectivity index (χ1) is 15.6. The largest absolute Gasteiger partial charge is 0.493 e. The van der Waals surface area contributed by atoms with Crippen LogP contribution in [0.15, 0.2) is 46.4 Å². The van der Waals surface area contributed by atoms with E-state index in [-0.39, 0.29) is 41.6 Å². The average molecular weight is 479 g/mol. The predicted octanol–water partition coefficient (Wildman–Crippen LogP) is 2.86. The molecule has 1 aliphatic heterocycles. The van der Waals surface area contributed by atoms with Crippen LogP contribution in [0.25, 0.3) is 0 Å². The molecule has 33 heavy (non-hydrogen) atoms. The van der Waals surface area contributed by atoms with E-state index in [4.69, 9.17) is 14.2 Å². The van der Waals surface area contributed by atoms with Crippen molar-refractivity contribution >= 4 is 27.6 Å². The molecule has 2 atom stereocenters. The summed E-state index contributed by atoms with van der Waals surface area (Å²) < 4.78 is 44.1. The first kappa shape index (κ1) is 24.4. The van der Waals surface area contributed by atoms with E-state index < -0.39 is 14.9 Å². The second-order valence-corrected chi connectivity index (χ2v) is 9.41. The number of nitrogens with one attached hydrogen (secondary N) is 1. The van der Waals surface area contributed by atoms with E-state index in [1.165, 1.54) is 36.9 Å². The first-order valence-electron chi connectivity index (χ1n) is 10.1. The lowest BCUT2D eigenvalue weighted by atomic mass is 10.2. The number of rotatable bonds is 8. The van der Waals surface area contributed by atoms with Crippen molar-refractivity contribution in [3.63, 3.8) is 0 Å². The van der Waals surface area contributed by atoms with Gasteiger partial charge in [0.05, 0.1) is 43.3 Å². The van der Waals surface area contributed by atoms with E-state index in [0.717, 1.165) is 6.07 Å². The maximum absolute atomic E-state index is 13.4. The van der Waals surface area contributed by atoms with Gasteiger partial charge >= 0.3 is 0 Å². The molecular formula is C21H26N4O7S. The van der Waals surface area contributed by atoms with Crippen molar-refractivity contribution in [2.45, 2.75) is 31.0 Å². The number of nitrogens with zero attached hydrogens (tertiary/aromatic N) is 3. The van der Waals surface area contributed by atoms with Gasteiger partial charge in [0, 0.05) is 25.2 Å². The molecule has 1 heterocycles. The van der Waals surface area contributed by atoms with Gasteiger partial charge in [0.25, 0.3) is 5.69 Å². The number of hydrazone groups is 1. The SMILES string of the molecule is COc1ccc(/C=N\Nc2ccc([N+](=O)[O-])cc2S(=O)(=O)N2C[C@@H](C)O[C@H](C)C2)cc1OC. The van der Waals surface area contributed by atoms with Crippen LogP contribution in [0.3, 0.4) is 0 Å². The van der Waals surface area contributed by atoms with Gasteiger partial charge in [0.15, 0.2) is 11.5 Å². The van der Waals surface area contributed by atoms with Crippen molar-refractivity contribution in [3.05, 3.63) is 52.1 Å². The van der Waals surface area contributed by atoms with Crippen molar-refractivity contribution in [1.29, 1.82) is 0 Å². The Morgan fingerprint density at radius 1 is 1.12 bits per heavy atom. The lowest BCUT2D eigenvalue weighted by molar-refractivity contribution is -0.385. The monoisotopic (exact) mass is 478 g/mol. The quantitative estimate of drug-likeness (QED) is 0.348. The number of benzene rings is 2. The Morgan fingerprint density at radius 3 is 2.39 bits per heavy atom. The summed E-state index contributed by atoms with van der Waals surface area (Å²) >= 11 is 0. The van der Waals surface area contributed by atoms with Gasteiger partial charge < -0.3 is 14.2 Å². The first-order valence-corrected chi connectivity index (χ1v) is 11.5. The zero-order chi connectivity index (χ0) is 24.2. The van der Waals surface area contributed by atoms with Crippen molar-refractivity contribution in [3.8, 4) is 11.5 Å².